The number of carbonyl (C=O) groups is 1. The van der Waals surface area contributed by atoms with Gasteiger partial charge in [-0.15, -0.1) is 21.5 Å². The van der Waals surface area contributed by atoms with Gasteiger partial charge in [0.15, 0.2) is 0 Å². The molecule has 1 spiro atoms. The zero-order valence-electron chi connectivity index (χ0n) is 16.8. The number of amides is 1. The summed E-state index contributed by atoms with van der Waals surface area (Å²) in [4.78, 5) is 20.2. The fourth-order valence-electron chi connectivity index (χ4n) is 4.61. The lowest BCUT2D eigenvalue weighted by Crippen LogP contribution is -2.43. The molecule has 2 aliphatic heterocycles. The second kappa shape index (κ2) is 7.00. The predicted molar refractivity (Wildman–Crippen MR) is 106 cm³/mol. The normalized spacial score (nSPS) is 19.4. The molecule has 1 fully saturated rings. The lowest BCUT2D eigenvalue weighted by atomic mass is 9.72. The molecule has 2 aliphatic rings. The summed E-state index contributed by atoms with van der Waals surface area (Å²) < 4.78 is 2.35. The van der Waals surface area contributed by atoms with E-state index in [1.165, 1.54) is 17.8 Å². The topological polar surface area (TPSA) is 63.9 Å². The number of carbonyl (C=O) groups excluding carboxylic acids is 1. The molecule has 146 valence electrons. The summed E-state index contributed by atoms with van der Waals surface area (Å²) in [6.07, 6.45) is 5.50. The maximum Gasteiger partial charge on any atom is 0.265 e. The second-order valence-corrected chi connectivity index (χ2v) is 9.67. The molecule has 1 amide bonds. The smallest absolute Gasteiger partial charge is 0.265 e. The molecule has 0 aliphatic carbocycles. The molecular formula is C20H29N5OS. The van der Waals surface area contributed by atoms with Crippen molar-refractivity contribution >= 4 is 17.2 Å². The Morgan fingerprint density at radius 1 is 1.07 bits per heavy atom. The van der Waals surface area contributed by atoms with Crippen LogP contribution in [0.3, 0.4) is 0 Å². The van der Waals surface area contributed by atoms with Crippen LogP contribution in [0.2, 0.25) is 0 Å². The van der Waals surface area contributed by atoms with Gasteiger partial charge in [-0.25, -0.2) is 4.98 Å². The number of thiazole rings is 1. The Bertz CT molecular complexity index is 845. The summed E-state index contributed by atoms with van der Waals surface area (Å²) in [6.45, 7) is 11.0. The van der Waals surface area contributed by atoms with E-state index in [4.69, 9.17) is 0 Å². The van der Waals surface area contributed by atoms with Gasteiger partial charge in [0, 0.05) is 32.0 Å². The third kappa shape index (κ3) is 3.42. The molecule has 4 heterocycles. The number of hydrogen-bond donors (Lipinski definition) is 0. The first-order valence-corrected chi connectivity index (χ1v) is 10.9. The van der Waals surface area contributed by atoms with Crippen molar-refractivity contribution in [2.75, 3.05) is 13.1 Å². The fraction of sp³-hybridized carbons (Fsp3) is 0.700. The number of aryl methyl sites for hydroxylation is 3. The maximum atomic E-state index is 12.9. The molecule has 4 rings (SSSR count). The van der Waals surface area contributed by atoms with Crippen molar-refractivity contribution < 1.29 is 4.79 Å². The molecule has 0 radical (unpaired) electrons. The number of hydrogen-bond acceptors (Lipinski definition) is 5. The van der Waals surface area contributed by atoms with E-state index in [0.29, 0.717) is 11.3 Å². The van der Waals surface area contributed by atoms with Crippen LogP contribution < -0.4 is 0 Å². The summed E-state index contributed by atoms with van der Waals surface area (Å²) in [5.74, 6) is 2.84. The first-order valence-electron chi connectivity index (χ1n) is 10.0. The van der Waals surface area contributed by atoms with Gasteiger partial charge in [0.2, 0.25) is 0 Å². The molecule has 0 saturated carbocycles. The van der Waals surface area contributed by atoms with Crippen molar-refractivity contribution in [3.05, 3.63) is 27.2 Å². The van der Waals surface area contributed by atoms with Gasteiger partial charge < -0.3 is 9.47 Å². The SMILES string of the molecule is Cc1nc(C)c(C(=O)N2CCC3(CCc4nnc(C(C)C)n4CC3)CC2)s1. The summed E-state index contributed by atoms with van der Waals surface area (Å²) in [6, 6.07) is 0. The van der Waals surface area contributed by atoms with Crippen molar-refractivity contribution in [2.45, 2.75) is 72.3 Å². The minimum absolute atomic E-state index is 0.167. The lowest BCUT2D eigenvalue weighted by Gasteiger charge is -2.41. The van der Waals surface area contributed by atoms with Crippen molar-refractivity contribution in [2.24, 2.45) is 5.41 Å². The molecule has 27 heavy (non-hydrogen) atoms. The zero-order chi connectivity index (χ0) is 19.2. The van der Waals surface area contributed by atoms with Gasteiger partial charge in [0.25, 0.3) is 5.91 Å². The van der Waals surface area contributed by atoms with Gasteiger partial charge in [-0.3, -0.25) is 4.79 Å². The zero-order valence-corrected chi connectivity index (χ0v) is 17.6. The number of nitrogens with zero attached hydrogens (tertiary/aromatic N) is 5. The van der Waals surface area contributed by atoms with E-state index in [-0.39, 0.29) is 5.91 Å². The van der Waals surface area contributed by atoms with E-state index in [9.17, 15) is 4.79 Å². The standard InChI is InChI=1S/C20H29N5OS/c1-13(2)18-23-22-16-5-6-20(9-12-25(16)18)7-10-24(11-8-20)19(26)17-14(3)21-15(4)27-17/h13H,5-12H2,1-4H3. The highest BCUT2D eigenvalue weighted by Crippen LogP contribution is 2.42. The minimum Gasteiger partial charge on any atom is -0.338 e. The first kappa shape index (κ1) is 18.6. The van der Waals surface area contributed by atoms with E-state index in [1.54, 1.807) is 0 Å². The Morgan fingerprint density at radius 2 is 1.78 bits per heavy atom. The van der Waals surface area contributed by atoms with E-state index in [0.717, 1.165) is 72.5 Å². The van der Waals surface area contributed by atoms with Crippen LogP contribution in [0.4, 0.5) is 0 Å². The molecule has 2 aromatic rings. The Balaban J connectivity index is 1.43. The minimum atomic E-state index is 0.167. The van der Waals surface area contributed by atoms with Crippen LogP contribution in [0.15, 0.2) is 0 Å². The molecule has 6 nitrogen and oxygen atoms in total. The lowest BCUT2D eigenvalue weighted by molar-refractivity contribution is 0.0539. The Labute approximate surface area is 165 Å². The number of rotatable bonds is 2. The van der Waals surface area contributed by atoms with Crippen LogP contribution in [0.25, 0.3) is 0 Å². The van der Waals surface area contributed by atoms with Crippen LogP contribution in [0, 0.1) is 19.3 Å². The molecule has 1 saturated heterocycles. The molecule has 0 aromatic carbocycles. The van der Waals surface area contributed by atoms with Crippen LogP contribution in [0.1, 0.15) is 77.5 Å². The molecule has 0 unspecified atom stereocenters. The molecule has 0 N–H and O–H groups in total. The third-order valence-corrected chi connectivity index (χ3v) is 7.39. The van der Waals surface area contributed by atoms with E-state index < -0.39 is 0 Å². The average molecular weight is 388 g/mol. The van der Waals surface area contributed by atoms with Crippen molar-refractivity contribution in [3.8, 4) is 0 Å². The number of aromatic nitrogens is 4. The highest BCUT2D eigenvalue weighted by Gasteiger charge is 2.38. The van der Waals surface area contributed by atoms with Gasteiger partial charge in [-0.1, -0.05) is 13.8 Å². The number of likely N-dealkylation sites (tertiary alicyclic amines) is 1. The Kier molecular flexibility index (Phi) is 4.82. The number of piperidine rings is 1. The van der Waals surface area contributed by atoms with Crippen LogP contribution in [-0.2, 0) is 13.0 Å². The number of fused-ring (bicyclic) bond motifs is 1. The van der Waals surface area contributed by atoms with E-state index in [1.807, 2.05) is 18.7 Å². The summed E-state index contributed by atoms with van der Waals surface area (Å²) in [5.41, 5.74) is 1.21. The van der Waals surface area contributed by atoms with Gasteiger partial charge in [0.1, 0.15) is 16.5 Å². The molecular weight excluding hydrogens is 358 g/mol. The monoisotopic (exact) mass is 387 g/mol. The van der Waals surface area contributed by atoms with E-state index >= 15 is 0 Å². The van der Waals surface area contributed by atoms with Crippen LogP contribution >= 0.6 is 11.3 Å². The van der Waals surface area contributed by atoms with Crippen LogP contribution in [0.5, 0.6) is 0 Å². The van der Waals surface area contributed by atoms with Gasteiger partial charge in [-0.05, 0) is 44.9 Å². The Morgan fingerprint density at radius 3 is 2.41 bits per heavy atom. The predicted octanol–water partition coefficient (Wildman–Crippen LogP) is 3.73. The maximum absolute atomic E-state index is 12.9. The largest absolute Gasteiger partial charge is 0.338 e. The quantitative estimate of drug-likeness (QED) is 0.787. The van der Waals surface area contributed by atoms with Gasteiger partial charge >= 0.3 is 0 Å². The summed E-state index contributed by atoms with van der Waals surface area (Å²) in [7, 11) is 0. The van der Waals surface area contributed by atoms with Crippen molar-refractivity contribution in [1.29, 1.82) is 0 Å². The Hall–Kier alpha value is -1.76. The average Bonchev–Trinajstić information content (AvgIpc) is 3.16. The fourth-order valence-corrected chi connectivity index (χ4v) is 5.50. The van der Waals surface area contributed by atoms with E-state index in [2.05, 4.69) is 33.6 Å². The van der Waals surface area contributed by atoms with Crippen molar-refractivity contribution in [3.63, 3.8) is 0 Å². The van der Waals surface area contributed by atoms with Gasteiger partial charge in [0.05, 0.1) is 10.7 Å². The first-order chi connectivity index (χ1) is 12.9. The second-order valence-electron chi connectivity index (χ2n) is 8.47. The summed E-state index contributed by atoms with van der Waals surface area (Å²) in [5, 5.41) is 9.83. The third-order valence-electron chi connectivity index (χ3n) is 6.33. The summed E-state index contributed by atoms with van der Waals surface area (Å²) >= 11 is 1.52. The van der Waals surface area contributed by atoms with Crippen molar-refractivity contribution in [1.82, 2.24) is 24.6 Å². The molecule has 0 atom stereocenters. The highest BCUT2D eigenvalue weighted by atomic mass is 32.1. The molecule has 0 bridgehead atoms. The highest BCUT2D eigenvalue weighted by molar-refractivity contribution is 7.13. The molecule has 2 aromatic heterocycles. The van der Waals surface area contributed by atoms with Gasteiger partial charge in [-0.2, -0.15) is 0 Å². The molecule has 7 heteroatoms. The van der Waals surface area contributed by atoms with Crippen LogP contribution in [-0.4, -0.2) is 43.6 Å².